The molecular weight excluding hydrogens is 781 g/mol. The van der Waals surface area contributed by atoms with Gasteiger partial charge in [0, 0.05) is 19.3 Å². The van der Waals surface area contributed by atoms with Crippen LogP contribution in [-0.2, 0) is 28.6 Å². The first-order chi connectivity index (χ1) is 31.0. The Balaban J connectivity index is 4.36. The summed E-state index contributed by atoms with van der Waals surface area (Å²) >= 11 is 0. The van der Waals surface area contributed by atoms with Gasteiger partial charge in [-0.25, -0.2) is 0 Å². The van der Waals surface area contributed by atoms with Crippen LogP contribution in [0.4, 0.5) is 0 Å². The Morgan fingerprint density at radius 1 is 0.333 bits per heavy atom. The van der Waals surface area contributed by atoms with Gasteiger partial charge in [-0.3, -0.25) is 14.4 Å². The van der Waals surface area contributed by atoms with Gasteiger partial charge >= 0.3 is 17.9 Å². The summed E-state index contributed by atoms with van der Waals surface area (Å²) in [7, 11) is 0. The highest BCUT2D eigenvalue weighted by molar-refractivity contribution is 5.71. The lowest BCUT2D eigenvalue weighted by molar-refractivity contribution is -0.167. The molecule has 0 aliphatic carbocycles. The van der Waals surface area contributed by atoms with E-state index in [1.807, 2.05) is 0 Å². The summed E-state index contributed by atoms with van der Waals surface area (Å²) in [6.45, 7) is 6.47. The lowest BCUT2D eigenvalue weighted by Gasteiger charge is -2.18. The molecule has 0 saturated carbocycles. The summed E-state index contributed by atoms with van der Waals surface area (Å²) in [6.07, 6.45) is 63.5. The SMILES string of the molecule is CC/C=C\C/C=C\C/C=C\CCCCCCCC(=O)O[C@H](COC(=O)CCCCCCC/C=C\CCCC)COC(=O)CCCCCCCCC/C=C\CCCCCCCCCC. The fraction of sp³-hybridized carbons (Fsp3) is 0.772. The molecule has 0 aromatic carbocycles. The third kappa shape index (κ3) is 50.0. The van der Waals surface area contributed by atoms with Gasteiger partial charge in [-0.1, -0.05) is 210 Å². The first-order valence-electron chi connectivity index (χ1n) is 26.8. The highest BCUT2D eigenvalue weighted by atomic mass is 16.6. The third-order valence-electron chi connectivity index (χ3n) is 11.5. The Labute approximate surface area is 390 Å². The van der Waals surface area contributed by atoms with Crippen molar-refractivity contribution in [1.82, 2.24) is 0 Å². The maximum Gasteiger partial charge on any atom is 0.306 e. The molecule has 6 nitrogen and oxygen atoms in total. The van der Waals surface area contributed by atoms with Gasteiger partial charge in [0.05, 0.1) is 0 Å². The van der Waals surface area contributed by atoms with Crippen LogP contribution in [0.3, 0.4) is 0 Å². The van der Waals surface area contributed by atoms with Gasteiger partial charge in [0.15, 0.2) is 6.10 Å². The third-order valence-corrected chi connectivity index (χ3v) is 11.5. The standard InChI is InChI=1S/C57H100O6/c1-4-7-10-13-16-19-22-24-26-27-28-29-31-32-35-38-41-44-47-50-56(59)62-53-54(52-61-55(58)49-46-43-40-37-34-21-18-15-12-9-6-3)63-57(60)51-48-45-42-39-36-33-30-25-23-20-17-14-11-8-5-2/h8,11,15,17-18,20,25,27-28,30,54H,4-7,9-10,12-14,16,19,21-24,26,29,31-53H2,1-3H3/b11-8-,18-15-,20-17-,28-27-,30-25-/t54-/m1/s1. The summed E-state index contributed by atoms with van der Waals surface area (Å²) in [4.78, 5) is 38.0. The van der Waals surface area contributed by atoms with Gasteiger partial charge < -0.3 is 14.2 Å². The van der Waals surface area contributed by atoms with E-state index in [0.29, 0.717) is 19.3 Å². The topological polar surface area (TPSA) is 78.9 Å². The Morgan fingerprint density at radius 2 is 0.635 bits per heavy atom. The monoisotopic (exact) mass is 881 g/mol. The smallest absolute Gasteiger partial charge is 0.306 e. The van der Waals surface area contributed by atoms with Crippen LogP contribution >= 0.6 is 0 Å². The molecule has 0 fully saturated rings. The van der Waals surface area contributed by atoms with Gasteiger partial charge in [0.1, 0.15) is 13.2 Å². The Morgan fingerprint density at radius 3 is 1.03 bits per heavy atom. The summed E-state index contributed by atoms with van der Waals surface area (Å²) in [5.41, 5.74) is 0. The summed E-state index contributed by atoms with van der Waals surface area (Å²) in [6, 6.07) is 0. The minimum atomic E-state index is -0.787. The molecule has 0 aromatic heterocycles. The quantitative estimate of drug-likeness (QED) is 0.0262. The van der Waals surface area contributed by atoms with Crippen LogP contribution in [0, 0.1) is 0 Å². The zero-order valence-electron chi connectivity index (χ0n) is 41.6. The molecule has 1 atom stereocenters. The van der Waals surface area contributed by atoms with Crippen LogP contribution < -0.4 is 0 Å². The molecule has 0 N–H and O–H groups in total. The number of ether oxygens (including phenoxy) is 3. The zero-order chi connectivity index (χ0) is 45.8. The number of allylic oxidation sites excluding steroid dienone is 10. The number of rotatable bonds is 48. The van der Waals surface area contributed by atoms with Crippen LogP contribution in [0.1, 0.15) is 265 Å². The number of carbonyl (C=O) groups excluding carboxylic acids is 3. The van der Waals surface area contributed by atoms with E-state index in [-0.39, 0.29) is 31.1 Å². The predicted molar refractivity (Wildman–Crippen MR) is 270 cm³/mol. The van der Waals surface area contributed by atoms with Crippen molar-refractivity contribution in [3.05, 3.63) is 60.8 Å². The van der Waals surface area contributed by atoms with Gasteiger partial charge in [-0.2, -0.15) is 0 Å². The number of unbranched alkanes of at least 4 members (excludes halogenated alkanes) is 27. The summed E-state index contributed by atoms with van der Waals surface area (Å²) in [5.74, 6) is -0.912. The van der Waals surface area contributed by atoms with Crippen molar-refractivity contribution in [3.63, 3.8) is 0 Å². The van der Waals surface area contributed by atoms with Crippen molar-refractivity contribution < 1.29 is 28.6 Å². The van der Waals surface area contributed by atoms with E-state index < -0.39 is 6.10 Å². The minimum absolute atomic E-state index is 0.0858. The second kappa shape index (κ2) is 51.7. The molecule has 364 valence electrons. The highest BCUT2D eigenvalue weighted by Gasteiger charge is 2.19. The molecule has 0 aliphatic heterocycles. The first kappa shape index (κ1) is 60.1. The second-order valence-electron chi connectivity index (χ2n) is 17.7. The molecule has 0 rings (SSSR count). The van der Waals surface area contributed by atoms with Crippen molar-refractivity contribution in [1.29, 1.82) is 0 Å². The fourth-order valence-electron chi connectivity index (χ4n) is 7.43. The number of carbonyl (C=O) groups is 3. The lowest BCUT2D eigenvalue weighted by Crippen LogP contribution is -2.30. The van der Waals surface area contributed by atoms with Gasteiger partial charge in [-0.15, -0.1) is 0 Å². The molecule has 0 unspecified atom stereocenters. The van der Waals surface area contributed by atoms with E-state index in [0.717, 1.165) is 103 Å². The predicted octanol–water partition coefficient (Wildman–Crippen LogP) is 17.6. The highest BCUT2D eigenvalue weighted by Crippen LogP contribution is 2.15. The molecule has 0 bridgehead atoms. The molecule has 6 heteroatoms. The molecule has 0 aromatic rings. The number of esters is 3. The maximum absolute atomic E-state index is 12.8. The van der Waals surface area contributed by atoms with Crippen molar-refractivity contribution in [2.24, 2.45) is 0 Å². The summed E-state index contributed by atoms with van der Waals surface area (Å²) < 4.78 is 16.8. The summed E-state index contributed by atoms with van der Waals surface area (Å²) in [5, 5.41) is 0. The average Bonchev–Trinajstić information content (AvgIpc) is 3.28. The van der Waals surface area contributed by atoms with E-state index in [1.54, 1.807) is 0 Å². The van der Waals surface area contributed by atoms with E-state index in [2.05, 4.69) is 81.5 Å². The molecule has 0 amide bonds. The van der Waals surface area contributed by atoms with E-state index in [9.17, 15) is 14.4 Å². The average molecular weight is 881 g/mol. The maximum atomic E-state index is 12.8. The molecule has 0 radical (unpaired) electrons. The van der Waals surface area contributed by atoms with Gasteiger partial charge in [0.25, 0.3) is 0 Å². The molecule has 0 heterocycles. The molecule has 0 saturated heterocycles. The second-order valence-corrected chi connectivity index (χ2v) is 17.7. The van der Waals surface area contributed by atoms with E-state index >= 15 is 0 Å². The fourth-order valence-corrected chi connectivity index (χ4v) is 7.43. The normalized spacial score (nSPS) is 12.5. The Hall–Kier alpha value is -2.89. The van der Waals surface area contributed by atoms with Crippen molar-refractivity contribution >= 4 is 17.9 Å². The Kier molecular flexibility index (Phi) is 49.4. The van der Waals surface area contributed by atoms with Gasteiger partial charge in [0.2, 0.25) is 0 Å². The van der Waals surface area contributed by atoms with Crippen molar-refractivity contribution in [2.75, 3.05) is 13.2 Å². The largest absolute Gasteiger partial charge is 0.462 e. The van der Waals surface area contributed by atoms with E-state index in [4.69, 9.17) is 14.2 Å². The van der Waals surface area contributed by atoms with Crippen LogP contribution in [0.5, 0.6) is 0 Å². The lowest BCUT2D eigenvalue weighted by atomic mass is 10.1. The minimum Gasteiger partial charge on any atom is -0.462 e. The zero-order valence-corrected chi connectivity index (χ0v) is 41.6. The molecule has 0 spiro atoms. The van der Waals surface area contributed by atoms with Crippen LogP contribution in [0.25, 0.3) is 0 Å². The molecular formula is C57H100O6. The van der Waals surface area contributed by atoms with Crippen molar-refractivity contribution in [2.45, 2.75) is 271 Å². The Bertz CT molecular complexity index is 1150. The molecule has 63 heavy (non-hydrogen) atoms. The van der Waals surface area contributed by atoms with Crippen LogP contribution in [-0.4, -0.2) is 37.2 Å². The van der Waals surface area contributed by atoms with Crippen LogP contribution in [0.2, 0.25) is 0 Å². The number of hydrogen-bond donors (Lipinski definition) is 0. The first-order valence-corrected chi connectivity index (χ1v) is 26.8. The van der Waals surface area contributed by atoms with Crippen LogP contribution in [0.15, 0.2) is 60.8 Å². The number of hydrogen-bond acceptors (Lipinski definition) is 6. The van der Waals surface area contributed by atoms with E-state index in [1.165, 1.54) is 122 Å². The van der Waals surface area contributed by atoms with Crippen molar-refractivity contribution in [3.8, 4) is 0 Å². The van der Waals surface area contributed by atoms with Gasteiger partial charge in [-0.05, 0) is 96.3 Å². The molecule has 0 aliphatic rings.